The van der Waals surface area contributed by atoms with E-state index in [-0.39, 0.29) is 0 Å². The van der Waals surface area contributed by atoms with E-state index in [0.717, 1.165) is 19.5 Å². The van der Waals surface area contributed by atoms with Gasteiger partial charge in [-0.3, -0.25) is 0 Å². The number of hydrogen-bond acceptors (Lipinski definition) is 3. The Morgan fingerprint density at radius 3 is 2.85 bits per heavy atom. The van der Waals surface area contributed by atoms with Gasteiger partial charge < -0.3 is 16.3 Å². The Hall–Kier alpha value is -0.770. The fourth-order valence-electron chi connectivity index (χ4n) is 1.22. The van der Waals surface area contributed by atoms with E-state index in [1.165, 1.54) is 12.8 Å². The maximum absolute atomic E-state index is 8.27. The molecule has 0 radical (unpaired) electrons. The zero-order valence-electron chi connectivity index (χ0n) is 8.21. The van der Waals surface area contributed by atoms with E-state index < -0.39 is 0 Å². The van der Waals surface area contributed by atoms with Crippen LogP contribution < -0.4 is 11.1 Å². The molecule has 1 aliphatic carbocycles. The maximum atomic E-state index is 8.27. The lowest BCUT2D eigenvalue weighted by Gasteiger charge is -2.09. The smallest absolute Gasteiger partial charge is 0.139 e. The lowest BCUT2D eigenvalue weighted by Crippen LogP contribution is -2.24. The van der Waals surface area contributed by atoms with Crippen molar-refractivity contribution in [3.63, 3.8) is 0 Å². The summed E-state index contributed by atoms with van der Waals surface area (Å²) in [7, 11) is 0. The number of amidine groups is 1. The second-order valence-corrected chi connectivity index (χ2v) is 4.18. The first-order valence-electron chi connectivity index (χ1n) is 4.83. The van der Waals surface area contributed by atoms with Gasteiger partial charge >= 0.3 is 0 Å². The minimum Gasteiger partial charge on any atom is -0.409 e. The molecule has 4 heteroatoms. The number of nitrogens with two attached hydrogens (primary N) is 1. The molecule has 0 amide bonds. The Morgan fingerprint density at radius 1 is 1.62 bits per heavy atom. The highest BCUT2D eigenvalue weighted by Crippen LogP contribution is 2.43. The van der Waals surface area contributed by atoms with Crippen LogP contribution in [0.5, 0.6) is 0 Å². The van der Waals surface area contributed by atoms with Crippen molar-refractivity contribution < 1.29 is 5.21 Å². The predicted octanol–water partition coefficient (Wildman–Crippen LogP) is 0.903. The number of rotatable bonds is 6. The lowest BCUT2D eigenvalue weighted by atomic mass is 10.1. The minimum atomic E-state index is 0.319. The van der Waals surface area contributed by atoms with Crippen LogP contribution in [0.2, 0.25) is 0 Å². The second kappa shape index (κ2) is 4.46. The van der Waals surface area contributed by atoms with Gasteiger partial charge in [0, 0.05) is 13.0 Å². The van der Waals surface area contributed by atoms with Crippen LogP contribution in [0.1, 0.15) is 32.6 Å². The third-order valence-electron chi connectivity index (χ3n) is 2.57. The summed E-state index contributed by atoms with van der Waals surface area (Å²) >= 11 is 0. The zero-order valence-corrected chi connectivity index (χ0v) is 8.21. The number of nitrogens with one attached hydrogen (secondary N) is 1. The van der Waals surface area contributed by atoms with E-state index in [0.29, 0.717) is 17.7 Å². The van der Waals surface area contributed by atoms with Crippen molar-refractivity contribution in [3.05, 3.63) is 0 Å². The van der Waals surface area contributed by atoms with E-state index in [1.807, 2.05) is 0 Å². The number of nitrogens with zero attached hydrogens (tertiary/aromatic N) is 1. The first-order chi connectivity index (χ1) is 6.16. The third kappa shape index (κ3) is 4.12. The van der Waals surface area contributed by atoms with Crippen molar-refractivity contribution in [2.75, 3.05) is 13.1 Å². The number of oxime groups is 1. The van der Waals surface area contributed by atoms with Crippen LogP contribution in [0.3, 0.4) is 0 Å². The summed E-state index contributed by atoms with van der Waals surface area (Å²) in [6.07, 6.45) is 4.30. The minimum absolute atomic E-state index is 0.319. The average molecular weight is 185 g/mol. The molecule has 0 heterocycles. The van der Waals surface area contributed by atoms with E-state index in [2.05, 4.69) is 17.4 Å². The van der Waals surface area contributed by atoms with Gasteiger partial charge in [0.25, 0.3) is 0 Å². The van der Waals surface area contributed by atoms with Crippen molar-refractivity contribution in [2.45, 2.75) is 32.6 Å². The quantitative estimate of drug-likeness (QED) is 0.189. The van der Waals surface area contributed by atoms with E-state index in [1.54, 1.807) is 0 Å². The molecule has 0 spiro atoms. The summed E-state index contributed by atoms with van der Waals surface area (Å²) in [5.41, 5.74) is 5.89. The first kappa shape index (κ1) is 10.3. The van der Waals surface area contributed by atoms with Gasteiger partial charge in [-0.2, -0.15) is 0 Å². The molecule has 1 saturated carbocycles. The van der Waals surface area contributed by atoms with Crippen LogP contribution in [0.4, 0.5) is 0 Å². The fraction of sp³-hybridized carbons (Fsp3) is 0.889. The highest BCUT2D eigenvalue weighted by atomic mass is 16.4. The standard InChI is InChI=1S/C9H19N3O/c1-9(4-5-9)7-11-6-2-3-8(10)12-13/h11,13H,2-7H2,1H3,(H2,10,12). The van der Waals surface area contributed by atoms with Crippen LogP contribution in [-0.2, 0) is 0 Å². The molecular weight excluding hydrogens is 166 g/mol. The van der Waals surface area contributed by atoms with Gasteiger partial charge in [0.15, 0.2) is 0 Å². The molecular formula is C9H19N3O. The van der Waals surface area contributed by atoms with E-state index >= 15 is 0 Å². The van der Waals surface area contributed by atoms with Crippen molar-refractivity contribution in [3.8, 4) is 0 Å². The van der Waals surface area contributed by atoms with Gasteiger partial charge in [0.05, 0.1) is 0 Å². The van der Waals surface area contributed by atoms with Crippen LogP contribution in [-0.4, -0.2) is 24.1 Å². The van der Waals surface area contributed by atoms with Gasteiger partial charge in [-0.15, -0.1) is 0 Å². The summed E-state index contributed by atoms with van der Waals surface area (Å²) in [4.78, 5) is 0. The molecule has 0 unspecified atom stereocenters. The highest BCUT2D eigenvalue weighted by Gasteiger charge is 2.36. The molecule has 4 nitrogen and oxygen atoms in total. The molecule has 0 aliphatic heterocycles. The van der Waals surface area contributed by atoms with E-state index in [4.69, 9.17) is 10.9 Å². The van der Waals surface area contributed by atoms with Gasteiger partial charge in [-0.25, -0.2) is 0 Å². The maximum Gasteiger partial charge on any atom is 0.139 e. The SMILES string of the molecule is CC1(CNCCCC(N)=NO)CC1. The van der Waals surface area contributed by atoms with Crippen molar-refractivity contribution in [1.29, 1.82) is 0 Å². The summed E-state index contributed by atoms with van der Waals surface area (Å²) in [5, 5.41) is 14.6. The molecule has 1 rings (SSSR count). The molecule has 1 aliphatic rings. The largest absolute Gasteiger partial charge is 0.409 e. The molecule has 0 aromatic heterocycles. The molecule has 0 saturated heterocycles. The highest BCUT2D eigenvalue weighted by molar-refractivity contribution is 5.79. The normalized spacial score (nSPS) is 20.2. The monoisotopic (exact) mass is 185 g/mol. The van der Waals surface area contributed by atoms with Gasteiger partial charge in [0.1, 0.15) is 5.84 Å². The van der Waals surface area contributed by atoms with Gasteiger partial charge in [-0.05, 0) is 31.2 Å². The van der Waals surface area contributed by atoms with Crippen LogP contribution in [0, 0.1) is 5.41 Å². The van der Waals surface area contributed by atoms with Crippen molar-refractivity contribution in [1.82, 2.24) is 5.32 Å². The van der Waals surface area contributed by atoms with Crippen LogP contribution in [0.25, 0.3) is 0 Å². The Balaban J connectivity index is 1.90. The Labute approximate surface area is 79.2 Å². The predicted molar refractivity (Wildman–Crippen MR) is 52.9 cm³/mol. The summed E-state index contributed by atoms with van der Waals surface area (Å²) in [6.45, 7) is 4.35. The molecule has 0 bridgehead atoms. The first-order valence-corrected chi connectivity index (χ1v) is 4.83. The topological polar surface area (TPSA) is 70.6 Å². The van der Waals surface area contributed by atoms with Crippen LogP contribution in [0.15, 0.2) is 5.16 Å². The Kier molecular flexibility index (Phi) is 3.54. The lowest BCUT2D eigenvalue weighted by molar-refractivity contribution is 0.316. The average Bonchev–Trinajstić information content (AvgIpc) is 2.83. The molecule has 76 valence electrons. The van der Waals surface area contributed by atoms with Gasteiger partial charge in [-0.1, -0.05) is 12.1 Å². The Bertz CT molecular complexity index is 187. The molecule has 13 heavy (non-hydrogen) atoms. The Morgan fingerprint density at radius 2 is 2.31 bits per heavy atom. The van der Waals surface area contributed by atoms with E-state index in [9.17, 15) is 0 Å². The van der Waals surface area contributed by atoms with Gasteiger partial charge in [0.2, 0.25) is 0 Å². The van der Waals surface area contributed by atoms with Crippen LogP contribution >= 0.6 is 0 Å². The number of hydrogen-bond donors (Lipinski definition) is 3. The zero-order chi connectivity index (χ0) is 9.73. The molecule has 0 atom stereocenters. The summed E-state index contributed by atoms with van der Waals surface area (Å²) in [6, 6.07) is 0. The summed E-state index contributed by atoms with van der Waals surface area (Å²) in [5.74, 6) is 0.319. The third-order valence-corrected chi connectivity index (χ3v) is 2.57. The fourth-order valence-corrected chi connectivity index (χ4v) is 1.22. The molecule has 4 N–H and O–H groups in total. The molecule has 1 fully saturated rings. The molecule has 0 aromatic rings. The summed E-state index contributed by atoms with van der Waals surface area (Å²) < 4.78 is 0. The molecule has 0 aromatic carbocycles. The van der Waals surface area contributed by atoms with Crippen molar-refractivity contribution >= 4 is 5.84 Å². The second-order valence-electron chi connectivity index (χ2n) is 4.18. The van der Waals surface area contributed by atoms with Crippen molar-refractivity contribution in [2.24, 2.45) is 16.3 Å².